The van der Waals surface area contributed by atoms with Crippen molar-refractivity contribution in [2.75, 3.05) is 31.1 Å². The second-order valence-electron chi connectivity index (χ2n) is 4.05. The third-order valence-corrected chi connectivity index (χ3v) is 2.92. The number of halogens is 3. The molecule has 0 spiro atoms. The third-order valence-electron chi connectivity index (χ3n) is 2.92. The molecule has 1 aliphatic rings. The van der Waals surface area contributed by atoms with Gasteiger partial charge >= 0.3 is 6.18 Å². The van der Waals surface area contributed by atoms with Crippen LogP contribution < -0.4 is 10.2 Å². The molecule has 18 heavy (non-hydrogen) atoms. The van der Waals surface area contributed by atoms with Crippen molar-refractivity contribution in [1.82, 2.24) is 5.32 Å². The molecule has 1 aromatic rings. The zero-order valence-corrected chi connectivity index (χ0v) is 9.59. The van der Waals surface area contributed by atoms with Crippen molar-refractivity contribution in [3.05, 3.63) is 29.3 Å². The molecule has 0 amide bonds. The first-order valence-electron chi connectivity index (χ1n) is 5.60. The Morgan fingerprint density at radius 2 is 1.89 bits per heavy atom. The van der Waals surface area contributed by atoms with E-state index in [4.69, 9.17) is 5.26 Å². The highest BCUT2D eigenvalue weighted by Crippen LogP contribution is 2.35. The Morgan fingerprint density at radius 1 is 1.22 bits per heavy atom. The highest BCUT2D eigenvalue weighted by molar-refractivity contribution is 5.63. The lowest BCUT2D eigenvalue weighted by Gasteiger charge is -2.30. The van der Waals surface area contributed by atoms with E-state index >= 15 is 0 Å². The lowest BCUT2D eigenvalue weighted by atomic mass is 10.0. The highest BCUT2D eigenvalue weighted by Gasteiger charge is 2.35. The molecule has 1 fully saturated rings. The van der Waals surface area contributed by atoms with E-state index < -0.39 is 11.7 Å². The molecule has 1 heterocycles. The number of nitriles is 1. The molecular weight excluding hydrogens is 243 g/mol. The molecular formula is C12H12F3N3. The van der Waals surface area contributed by atoms with Gasteiger partial charge in [0.15, 0.2) is 0 Å². The normalized spacial score (nSPS) is 16.4. The summed E-state index contributed by atoms with van der Waals surface area (Å²) in [6.07, 6.45) is -4.49. The van der Waals surface area contributed by atoms with Crippen LogP contribution in [0.1, 0.15) is 11.1 Å². The van der Waals surface area contributed by atoms with Gasteiger partial charge in [0, 0.05) is 26.2 Å². The van der Waals surface area contributed by atoms with Gasteiger partial charge in [-0.2, -0.15) is 18.4 Å². The Morgan fingerprint density at radius 3 is 2.44 bits per heavy atom. The summed E-state index contributed by atoms with van der Waals surface area (Å²) in [6.45, 7) is 2.63. The monoisotopic (exact) mass is 255 g/mol. The van der Waals surface area contributed by atoms with Crippen LogP contribution in [-0.4, -0.2) is 26.2 Å². The first kappa shape index (κ1) is 12.7. The fourth-order valence-corrected chi connectivity index (χ4v) is 2.06. The molecule has 1 N–H and O–H groups in total. The summed E-state index contributed by atoms with van der Waals surface area (Å²) >= 11 is 0. The predicted octanol–water partition coefficient (Wildman–Crippen LogP) is 1.99. The zero-order chi connectivity index (χ0) is 13.2. The molecule has 6 heteroatoms. The van der Waals surface area contributed by atoms with E-state index in [0.29, 0.717) is 31.9 Å². The summed E-state index contributed by atoms with van der Waals surface area (Å²) in [6, 6.07) is 5.55. The first-order chi connectivity index (χ1) is 8.54. The summed E-state index contributed by atoms with van der Waals surface area (Å²) < 4.78 is 38.4. The summed E-state index contributed by atoms with van der Waals surface area (Å²) in [4.78, 5) is 1.81. The van der Waals surface area contributed by atoms with Gasteiger partial charge < -0.3 is 10.2 Å². The van der Waals surface area contributed by atoms with Crippen molar-refractivity contribution in [2.45, 2.75) is 6.18 Å². The Hall–Kier alpha value is -1.74. The van der Waals surface area contributed by atoms with Gasteiger partial charge in [0.25, 0.3) is 0 Å². The number of nitrogens with zero attached hydrogens (tertiary/aromatic N) is 2. The van der Waals surface area contributed by atoms with Crippen LogP contribution >= 0.6 is 0 Å². The van der Waals surface area contributed by atoms with Crippen LogP contribution in [0.3, 0.4) is 0 Å². The Kier molecular flexibility index (Phi) is 3.43. The Bertz CT molecular complexity index is 470. The largest absolute Gasteiger partial charge is 0.417 e. The number of piperazine rings is 1. The second kappa shape index (κ2) is 4.86. The molecule has 0 unspecified atom stereocenters. The zero-order valence-electron chi connectivity index (χ0n) is 9.59. The molecule has 3 nitrogen and oxygen atoms in total. The van der Waals surface area contributed by atoms with E-state index in [2.05, 4.69) is 5.32 Å². The van der Waals surface area contributed by atoms with Crippen molar-refractivity contribution in [1.29, 1.82) is 5.26 Å². The molecule has 0 aliphatic carbocycles. The first-order valence-corrected chi connectivity index (χ1v) is 5.60. The van der Waals surface area contributed by atoms with Crippen molar-refractivity contribution in [3.63, 3.8) is 0 Å². The van der Waals surface area contributed by atoms with E-state index in [1.165, 1.54) is 6.07 Å². The molecule has 0 saturated carbocycles. The van der Waals surface area contributed by atoms with Gasteiger partial charge in [0.05, 0.1) is 16.8 Å². The van der Waals surface area contributed by atoms with Gasteiger partial charge in [-0.15, -0.1) is 0 Å². The Labute approximate surface area is 103 Å². The SMILES string of the molecule is N#Cc1c(N2CCNCC2)cccc1C(F)(F)F. The van der Waals surface area contributed by atoms with Crippen molar-refractivity contribution < 1.29 is 13.2 Å². The third kappa shape index (κ3) is 2.41. The molecule has 0 bridgehead atoms. The van der Waals surface area contributed by atoms with E-state index in [9.17, 15) is 13.2 Å². The van der Waals surface area contributed by atoms with Gasteiger partial charge in [-0.3, -0.25) is 0 Å². The lowest BCUT2D eigenvalue weighted by Crippen LogP contribution is -2.44. The minimum Gasteiger partial charge on any atom is -0.368 e. The molecule has 0 aromatic heterocycles. The van der Waals surface area contributed by atoms with E-state index in [-0.39, 0.29) is 5.56 Å². The minimum atomic E-state index is -4.49. The van der Waals surface area contributed by atoms with E-state index in [0.717, 1.165) is 6.07 Å². The predicted molar refractivity (Wildman–Crippen MR) is 61.2 cm³/mol. The summed E-state index contributed by atoms with van der Waals surface area (Å²) in [7, 11) is 0. The summed E-state index contributed by atoms with van der Waals surface area (Å²) in [5.74, 6) is 0. The summed E-state index contributed by atoms with van der Waals surface area (Å²) in [5.41, 5.74) is -0.776. The topological polar surface area (TPSA) is 39.1 Å². The number of hydrogen-bond acceptors (Lipinski definition) is 3. The molecule has 0 radical (unpaired) electrons. The second-order valence-corrected chi connectivity index (χ2v) is 4.05. The number of rotatable bonds is 1. The maximum Gasteiger partial charge on any atom is 0.417 e. The lowest BCUT2D eigenvalue weighted by molar-refractivity contribution is -0.137. The van der Waals surface area contributed by atoms with Crippen molar-refractivity contribution in [3.8, 4) is 6.07 Å². The van der Waals surface area contributed by atoms with Crippen LogP contribution in [0.25, 0.3) is 0 Å². The van der Waals surface area contributed by atoms with Gasteiger partial charge in [0.1, 0.15) is 6.07 Å². The van der Waals surface area contributed by atoms with Crippen molar-refractivity contribution in [2.24, 2.45) is 0 Å². The van der Waals surface area contributed by atoms with Crippen LogP contribution in [0.4, 0.5) is 18.9 Å². The molecule has 1 aliphatic heterocycles. The average Bonchev–Trinajstić information content (AvgIpc) is 2.37. The molecule has 0 atom stereocenters. The molecule has 96 valence electrons. The van der Waals surface area contributed by atoms with Gasteiger partial charge in [-0.1, -0.05) is 6.07 Å². The average molecular weight is 255 g/mol. The molecule has 2 rings (SSSR count). The van der Waals surface area contributed by atoms with Gasteiger partial charge in [-0.05, 0) is 12.1 Å². The smallest absolute Gasteiger partial charge is 0.368 e. The van der Waals surface area contributed by atoms with Crippen molar-refractivity contribution >= 4 is 5.69 Å². The number of anilines is 1. The van der Waals surface area contributed by atoms with E-state index in [1.807, 2.05) is 4.90 Å². The number of nitrogens with one attached hydrogen (secondary N) is 1. The van der Waals surface area contributed by atoms with Crippen LogP contribution in [-0.2, 0) is 6.18 Å². The quantitative estimate of drug-likeness (QED) is 0.834. The number of hydrogen-bond donors (Lipinski definition) is 1. The van der Waals surface area contributed by atoms with Crippen LogP contribution in [0.5, 0.6) is 0 Å². The highest BCUT2D eigenvalue weighted by atomic mass is 19.4. The van der Waals surface area contributed by atoms with Gasteiger partial charge in [-0.25, -0.2) is 0 Å². The molecule has 1 aromatic carbocycles. The fraction of sp³-hybridized carbons (Fsp3) is 0.417. The maximum atomic E-state index is 12.8. The minimum absolute atomic E-state index is 0.285. The van der Waals surface area contributed by atoms with Gasteiger partial charge in [0.2, 0.25) is 0 Å². The van der Waals surface area contributed by atoms with Crippen LogP contribution in [0.15, 0.2) is 18.2 Å². The number of benzene rings is 1. The van der Waals surface area contributed by atoms with Crippen LogP contribution in [0, 0.1) is 11.3 Å². The Balaban J connectivity index is 2.45. The summed E-state index contributed by atoms with van der Waals surface area (Å²) in [5, 5.41) is 12.1. The van der Waals surface area contributed by atoms with E-state index in [1.54, 1.807) is 12.1 Å². The molecule has 1 saturated heterocycles. The van der Waals surface area contributed by atoms with Crippen LogP contribution in [0.2, 0.25) is 0 Å². The fourth-order valence-electron chi connectivity index (χ4n) is 2.06. The maximum absolute atomic E-state index is 12.8. The standard InChI is InChI=1S/C12H12F3N3/c13-12(14,15)10-2-1-3-11(9(10)8-16)18-6-4-17-5-7-18/h1-3,17H,4-7H2. The number of alkyl halides is 3.